The van der Waals surface area contributed by atoms with Gasteiger partial charge in [0.2, 0.25) is 0 Å². The van der Waals surface area contributed by atoms with E-state index in [-0.39, 0.29) is 11.3 Å². The zero-order valence-electron chi connectivity index (χ0n) is 17.9. The maximum absolute atomic E-state index is 13.2. The number of hydrogen-bond donors (Lipinski definition) is 1. The average Bonchev–Trinajstić information content (AvgIpc) is 3.31. The fraction of sp³-hybridized carbons (Fsp3) is 0.200. The number of amides is 1. The molecule has 1 amide bonds. The van der Waals surface area contributed by atoms with Gasteiger partial charge in [-0.05, 0) is 62.7 Å². The number of halogens is 1. The number of anilines is 1. The van der Waals surface area contributed by atoms with Crippen molar-refractivity contribution in [1.29, 1.82) is 0 Å². The number of rotatable bonds is 5. The minimum absolute atomic E-state index is 0.0580. The van der Waals surface area contributed by atoms with E-state index in [2.05, 4.69) is 0 Å². The van der Waals surface area contributed by atoms with Gasteiger partial charge < -0.3 is 14.3 Å². The molecule has 3 aromatic rings. The number of carbonyl (C=O) groups excluding carboxylic acids is 2. The summed E-state index contributed by atoms with van der Waals surface area (Å²) in [5.41, 5.74) is 1.64. The predicted octanol–water partition coefficient (Wildman–Crippen LogP) is 5.57. The van der Waals surface area contributed by atoms with E-state index < -0.39 is 17.7 Å². The molecule has 1 unspecified atom stereocenters. The summed E-state index contributed by atoms with van der Waals surface area (Å²) < 4.78 is 11.3. The van der Waals surface area contributed by atoms with Gasteiger partial charge in [-0.15, -0.1) is 0 Å². The van der Waals surface area contributed by atoms with Crippen LogP contribution in [0.3, 0.4) is 0 Å². The molecule has 6 nitrogen and oxygen atoms in total. The van der Waals surface area contributed by atoms with Gasteiger partial charge in [-0.25, -0.2) is 0 Å². The first-order valence-electron chi connectivity index (χ1n) is 10.2. The van der Waals surface area contributed by atoms with E-state index in [9.17, 15) is 14.7 Å². The summed E-state index contributed by atoms with van der Waals surface area (Å²) in [5.74, 6) is -0.476. The van der Waals surface area contributed by atoms with Crippen molar-refractivity contribution in [3.63, 3.8) is 0 Å². The van der Waals surface area contributed by atoms with E-state index in [1.807, 2.05) is 26.0 Å². The van der Waals surface area contributed by atoms with Crippen LogP contribution in [0.15, 0.2) is 64.6 Å². The second-order valence-electron chi connectivity index (χ2n) is 7.48. The van der Waals surface area contributed by atoms with Crippen molar-refractivity contribution < 1.29 is 23.8 Å². The molecule has 7 heteroatoms. The first-order chi connectivity index (χ1) is 15.3. The third-order valence-electron chi connectivity index (χ3n) is 5.35. The van der Waals surface area contributed by atoms with Gasteiger partial charge >= 0.3 is 0 Å². The zero-order chi connectivity index (χ0) is 23.0. The molecule has 4 rings (SSSR count). The van der Waals surface area contributed by atoms with E-state index in [0.717, 1.165) is 5.56 Å². The minimum Gasteiger partial charge on any atom is -0.507 e. The third-order valence-corrected chi connectivity index (χ3v) is 5.67. The highest BCUT2D eigenvalue weighted by atomic mass is 35.5. The average molecular weight is 452 g/mol. The molecule has 2 aromatic carbocycles. The normalized spacial score (nSPS) is 17.8. The fourth-order valence-corrected chi connectivity index (χ4v) is 4.03. The van der Waals surface area contributed by atoms with E-state index in [1.165, 1.54) is 4.90 Å². The Labute approximate surface area is 190 Å². The molecule has 32 heavy (non-hydrogen) atoms. The molecule has 0 radical (unpaired) electrons. The number of para-hydroxylation sites is 1. The summed E-state index contributed by atoms with van der Waals surface area (Å²) in [7, 11) is 0. The molecule has 0 saturated carbocycles. The number of nitrogens with zero attached hydrogens (tertiary/aromatic N) is 1. The molecule has 1 atom stereocenters. The number of ketones is 1. The number of furan rings is 1. The van der Waals surface area contributed by atoms with Crippen molar-refractivity contribution in [2.45, 2.75) is 26.8 Å². The molecule has 1 aromatic heterocycles. The monoisotopic (exact) mass is 451 g/mol. The second kappa shape index (κ2) is 8.55. The van der Waals surface area contributed by atoms with Crippen LogP contribution >= 0.6 is 11.6 Å². The molecule has 1 N–H and O–H groups in total. The molecule has 1 aliphatic rings. The highest BCUT2D eigenvalue weighted by Crippen LogP contribution is 2.44. The van der Waals surface area contributed by atoms with Crippen molar-refractivity contribution in [3.05, 3.63) is 87.8 Å². The number of ether oxygens (including phenoxy) is 1. The number of carbonyl (C=O) groups is 2. The number of aryl methyl sites for hydroxylation is 2. The van der Waals surface area contributed by atoms with Crippen molar-refractivity contribution in [1.82, 2.24) is 0 Å². The Kier molecular flexibility index (Phi) is 5.80. The first-order valence-corrected chi connectivity index (χ1v) is 10.6. The standard InChI is InChI=1S/C25H22ClNO5/c1-4-31-20-13-16(10-11-17(20)26)23(28)21-22(19-12-9-15(3)32-19)27(25(30)24(21)29)18-8-6-5-7-14(18)2/h5-13,22,28H,4H2,1-3H3/b23-21-. The molecule has 1 fully saturated rings. The summed E-state index contributed by atoms with van der Waals surface area (Å²) >= 11 is 6.17. The Morgan fingerprint density at radius 2 is 1.88 bits per heavy atom. The minimum atomic E-state index is -0.920. The molecular formula is C25H22ClNO5. The predicted molar refractivity (Wildman–Crippen MR) is 122 cm³/mol. The highest BCUT2D eigenvalue weighted by Gasteiger charge is 2.48. The van der Waals surface area contributed by atoms with E-state index in [4.69, 9.17) is 20.8 Å². The third kappa shape index (κ3) is 3.67. The molecule has 1 saturated heterocycles. The maximum Gasteiger partial charge on any atom is 0.300 e. The lowest BCUT2D eigenvalue weighted by Crippen LogP contribution is -2.29. The van der Waals surface area contributed by atoms with Gasteiger partial charge in [-0.2, -0.15) is 0 Å². The van der Waals surface area contributed by atoms with Gasteiger partial charge in [0, 0.05) is 11.3 Å². The molecule has 0 spiro atoms. The van der Waals surface area contributed by atoms with Crippen LogP contribution in [0.25, 0.3) is 5.76 Å². The summed E-state index contributed by atoms with van der Waals surface area (Å²) in [6.45, 7) is 5.83. The maximum atomic E-state index is 13.2. The smallest absolute Gasteiger partial charge is 0.300 e. The Hall–Kier alpha value is -3.51. The molecule has 1 aliphatic heterocycles. The quantitative estimate of drug-likeness (QED) is 0.311. The lowest BCUT2D eigenvalue weighted by Gasteiger charge is -2.25. The fourth-order valence-electron chi connectivity index (χ4n) is 3.86. The zero-order valence-corrected chi connectivity index (χ0v) is 18.6. The van der Waals surface area contributed by atoms with Crippen molar-refractivity contribution in [3.8, 4) is 5.75 Å². The number of hydrogen-bond acceptors (Lipinski definition) is 5. The lowest BCUT2D eigenvalue weighted by molar-refractivity contribution is -0.132. The van der Waals surface area contributed by atoms with E-state index >= 15 is 0 Å². The van der Waals surface area contributed by atoms with Crippen LogP contribution in [0, 0.1) is 13.8 Å². The first kappa shape index (κ1) is 21.7. The van der Waals surface area contributed by atoms with Gasteiger partial charge in [-0.3, -0.25) is 14.5 Å². The van der Waals surface area contributed by atoms with Gasteiger partial charge in [0.15, 0.2) is 0 Å². The summed E-state index contributed by atoms with van der Waals surface area (Å²) in [5, 5.41) is 11.6. The largest absolute Gasteiger partial charge is 0.507 e. The van der Waals surface area contributed by atoms with E-state index in [0.29, 0.717) is 40.2 Å². The highest BCUT2D eigenvalue weighted by molar-refractivity contribution is 6.51. The number of aliphatic hydroxyl groups is 1. The van der Waals surface area contributed by atoms with Crippen LogP contribution < -0.4 is 9.64 Å². The Bertz CT molecular complexity index is 1240. The number of aliphatic hydroxyl groups excluding tert-OH is 1. The van der Waals surface area contributed by atoms with Crippen LogP contribution in [0.1, 0.15) is 35.6 Å². The second-order valence-corrected chi connectivity index (χ2v) is 7.89. The number of Topliss-reactive ketones (excluding diaryl/α,β-unsaturated/α-hetero) is 1. The summed E-state index contributed by atoms with van der Waals surface area (Å²) in [6.07, 6.45) is 0. The Balaban J connectivity index is 1.94. The molecule has 164 valence electrons. The van der Waals surface area contributed by atoms with E-state index in [1.54, 1.807) is 49.4 Å². The van der Waals surface area contributed by atoms with Gasteiger partial charge in [0.05, 0.1) is 17.2 Å². The van der Waals surface area contributed by atoms with Gasteiger partial charge in [0.1, 0.15) is 29.1 Å². The molecule has 2 heterocycles. The SMILES string of the molecule is CCOc1cc(/C(O)=C2/C(=O)C(=O)N(c3ccccc3C)C2c2ccc(C)o2)ccc1Cl. The topological polar surface area (TPSA) is 80.0 Å². The Morgan fingerprint density at radius 3 is 2.53 bits per heavy atom. The van der Waals surface area contributed by atoms with Gasteiger partial charge in [-0.1, -0.05) is 29.8 Å². The number of benzene rings is 2. The van der Waals surface area contributed by atoms with Crippen molar-refractivity contribution in [2.24, 2.45) is 0 Å². The van der Waals surface area contributed by atoms with Crippen LogP contribution in [-0.4, -0.2) is 23.4 Å². The van der Waals surface area contributed by atoms with Crippen molar-refractivity contribution in [2.75, 3.05) is 11.5 Å². The molecule has 0 bridgehead atoms. The molecule has 0 aliphatic carbocycles. The summed E-state index contributed by atoms with van der Waals surface area (Å²) in [6, 6.07) is 14.5. The molecular weight excluding hydrogens is 430 g/mol. The van der Waals surface area contributed by atoms with Gasteiger partial charge in [0.25, 0.3) is 11.7 Å². The van der Waals surface area contributed by atoms with Crippen LogP contribution in [-0.2, 0) is 9.59 Å². The van der Waals surface area contributed by atoms with Crippen LogP contribution in [0.4, 0.5) is 5.69 Å². The van der Waals surface area contributed by atoms with Crippen LogP contribution in [0.5, 0.6) is 5.75 Å². The Morgan fingerprint density at radius 1 is 1.12 bits per heavy atom. The lowest BCUT2D eigenvalue weighted by atomic mass is 9.99. The summed E-state index contributed by atoms with van der Waals surface area (Å²) in [4.78, 5) is 27.7. The van der Waals surface area contributed by atoms with Crippen LogP contribution in [0.2, 0.25) is 5.02 Å². The van der Waals surface area contributed by atoms with Crippen molar-refractivity contribution >= 4 is 34.7 Å².